The Morgan fingerprint density at radius 3 is 2.53 bits per heavy atom. The van der Waals surface area contributed by atoms with Crippen LogP contribution in [-0.4, -0.2) is 38.2 Å². The first kappa shape index (κ1) is 12.6. The molecule has 0 bridgehead atoms. The number of rotatable bonds is 2. The molecule has 0 saturated carbocycles. The smallest absolute Gasteiger partial charge is 0.214 e. The number of ether oxygens (including phenoxy) is 2. The molecule has 0 radical (unpaired) electrons. The van der Waals surface area contributed by atoms with Gasteiger partial charge in [-0.05, 0) is 18.1 Å². The average molecular weight is 284 g/mol. The fourth-order valence-corrected chi connectivity index (χ4v) is 3.84. The number of nitrogens with zero attached hydrogens (tertiary/aromatic N) is 1. The van der Waals surface area contributed by atoms with Crippen LogP contribution in [0.25, 0.3) is 0 Å². The molecule has 0 aromatic heterocycles. The Morgan fingerprint density at radius 1 is 1.21 bits per heavy atom. The molecule has 0 aliphatic carbocycles. The maximum absolute atomic E-state index is 11.8. The molecule has 1 saturated heterocycles. The van der Waals surface area contributed by atoms with Crippen LogP contribution in [0.1, 0.15) is 12.0 Å². The monoisotopic (exact) mass is 284 g/mol. The van der Waals surface area contributed by atoms with Gasteiger partial charge in [-0.15, -0.1) is 0 Å². The van der Waals surface area contributed by atoms with Crippen molar-refractivity contribution in [3.05, 3.63) is 17.7 Å². The molecular formula is C12H16N2O4S. The van der Waals surface area contributed by atoms with E-state index in [0.717, 1.165) is 5.56 Å². The molecule has 2 aliphatic heterocycles. The van der Waals surface area contributed by atoms with Gasteiger partial charge in [0, 0.05) is 24.8 Å². The third kappa shape index (κ3) is 2.35. The highest BCUT2D eigenvalue weighted by atomic mass is 32.2. The third-order valence-electron chi connectivity index (χ3n) is 3.35. The molecule has 7 heteroatoms. The van der Waals surface area contributed by atoms with Gasteiger partial charge in [0.05, 0.1) is 5.75 Å². The average Bonchev–Trinajstić information content (AvgIpc) is 2.70. The summed E-state index contributed by atoms with van der Waals surface area (Å²) in [5, 5.41) is 0. The molecule has 2 aliphatic rings. The van der Waals surface area contributed by atoms with Gasteiger partial charge in [0.2, 0.25) is 10.0 Å². The first-order chi connectivity index (χ1) is 9.06. The van der Waals surface area contributed by atoms with Crippen molar-refractivity contribution in [2.45, 2.75) is 13.0 Å². The molecule has 1 aromatic carbocycles. The molecule has 0 atom stereocenters. The van der Waals surface area contributed by atoms with Crippen LogP contribution in [0.3, 0.4) is 0 Å². The first-order valence-corrected chi connectivity index (χ1v) is 7.83. The van der Waals surface area contributed by atoms with Crippen LogP contribution in [0.4, 0.5) is 5.69 Å². The van der Waals surface area contributed by atoms with Crippen molar-refractivity contribution in [2.24, 2.45) is 0 Å². The molecule has 0 amide bonds. The lowest BCUT2D eigenvalue weighted by atomic mass is 10.1. The van der Waals surface area contributed by atoms with Crippen LogP contribution >= 0.6 is 0 Å². The Bertz CT molecular complexity index is 600. The van der Waals surface area contributed by atoms with Crippen molar-refractivity contribution in [1.29, 1.82) is 0 Å². The van der Waals surface area contributed by atoms with E-state index in [-0.39, 0.29) is 5.75 Å². The number of anilines is 1. The van der Waals surface area contributed by atoms with E-state index in [2.05, 4.69) is 0 Å². The van der Waals surface area contributed by atoms with Gasteiger partial charge < -0.3 is 15.2 Å². The number of hydrogen-bond donors (Lipinski definition) is 1. The summed E-state index contributed by atoms with van der Waals surface area (Å²) in [5.41, 5.74) is 7.25. The summed E-state index contributed by atoms with van der Waals surface area (Å²) in [4.78, 5) is 0. The van der Waals surface area contributed by atoms with Crippen LogP contribution in [0.5, 0.6) is 11.5 Å². The standard InChI is InChI=1S/C12H16N2O4S/c13-10-7-12-11(17-3-4-18-12)6-9(10)8-14-2-1-5-19(14,15)16/h6-7H,1-5,8,13H2. The molecule has 104 valence electrons. The molecule has 19 heavy (non-hydrogen) atoms. The number of fused-ring (bicyclic) bond motifs is 1. The third-order valence-corrected chi connectivity index (χ3v) is 5.26. The van der Waals surface area contributed by atoms with E-state index < -0.39 is 10.0 Å². The SMILES string of the molecule is Nc1cc2c(cc1CN1CCCS1(=O)=O)OCCO2. The minimum Gasteiger partial charge on any atom is -0.486 e. The lowest BCUT2D eigenvalue weighted by Crippen LogP contribution is -2.26. The normalized spacial score (nSPS) is 21.5. The van der Waals surface area contributed by atoms with Gasteiger partial charge in [-0.3, -0.25) is 0 Å². The second kappa shape index (κ2) is 4.57. The molecule has 0 spiro atoms. The van der Waals surface area contributed by atoms with Gasteiger partial charge >= 0.3 is 0 Å². The lowest BCUT2D eigenvalue weighted by Gasteiger charge is -2.21. The molecule has 6 nitrogen and oxygen atoms in total. The number of benzene rings is 1. The summed E-state index contributed by atoms with van der Waals surface area (Å²) >= 11 is 0. The molecule has 3 rings (SSSR count). The highest BCUT2D eigenvalue weighted by Crippen LogP contribution is 2.35. The van der Waals surface area contributed by atoms with Crippen molar-refractivity contribution >= 4 is 15.7 Å². The van der Waals surface area contributed by atoms with Gasteiger partial charge in [-0.2, -0.15) is 4.31 Å². The zero-order valence-corrected chi connectivity index (χ0v) is 11.3. The molecule has 1 fully saturated rings. The minimum absolute atomic E-state index is 0.220. The summed E-state index contributed by atoms with van der Waals surface area (Å²) in [6.45, 7) is 1.85. The van der Waals surface area contributed by atoms with Crippen molar-refractivity contribution in [3.63, 3.8) is 0 Å². The number of hydrogen-bond acceptors (Lipinski definition) is 5. The van der Waals surface area contributed by atoms with Gasteiger partial charge in [0.15, 0.2) is 11.5 Å². The summed E-state index contributed by atoms with van der Waals surface area (Å²) in [5.74, 6) is 1.47. The lowest BCUT2D eigenvalue weighted by molar-refractivity contribution is 0.171. The summed E-state index contributed by atoms with van der Waals surface area (Å²) in [6.07, 6.45) is 0.673. The van der Waals surface area contributed by atoms with E-state index in [1.54, 1.807) is 12.1 Å². The minimum atomic E-state index is -3.12. The number of nitrogens with two attached hydrogens (primary N) is 1. The van der Waals surface area contributed by atoms with E-state index in [1.165, 1.54) is 4.31 Å². The first-order valence-electron chi connectivity index (χ1n) is 6.22. The van der Waals surface area contributed by atoms with E-state index in [9.17, 15) is 8.42 Å². The van der Waals surface area contributed by atoms with Gasteiger partial charge in [-0.25, -0.2) is 8.42 Å². The molecular weight excluding hydrogens is 268 g/mol. The summed E-state index contributed by atoms with van der Waals surface area (Å²) < 4.78 is 36.0. The van der Waals surface area contributed by atoms with E-state index in [4.69, 9.17) is 15.2 Å². The van der Waals surface area contributed by atoms with Crippen molar-refractivity contribution < 1.29 is 17.9 Å². The Balaban J connectivity index is 1.89. The highest BCUT2D eigenvalue weighted by molar-refractivity contribution is 7.89. The second-order valence-corrected chi connectivity index (χ2v) is 6.79. The van der Waals surface area contributed by atoms with E-state index in [1.807, 2.05) is 0 Å². The summed E-state index contributed by atoms with van der Waals surface area (Å²) in [6, 6.07) is 3.48. The Morgan fingerprint density at radius 2 is 1.89 bits per heavy atom. The predicted octanol–water partition coefficient (Wildman–Crippen LogP) is 0.575. The van der Waals surface area contributed by atoms with Crippen molar-refractivity contribution in [2.75, 3.05) is 31.2 Å². The van der Waals surface area contributed by atoms with Crippen LogP contribution in [-0.2, 0) is 16.6 Å². The van der Waals surface area contributed by atoms with Gasteiger partial charge in [0.1, 0.15) is 13.2 Å². The molecule has 2 heterocycles. The van der Waals surface area contributed by atoms with Crippen LogP contribution < -0.4 is 15.2 Å². The fraction of sp³-hybridized carbons (Fsp3) is 0.500. The molecule has 1 aromatic rings. The molecule has 2 N–H and O–H groups in total. The maximum atomic E-state index is 11.8. The zero-order chi connectivity index (χ0) is 13.5. The predicted molar refractivity (Wildman–Crippen MR) is 70.7 cm³/mol. The van der Waals surface area contributed by atoms with Crippen LogP contribution in [0.2, 0.25) is 0 Å². The largest absolute Gasteiger partial charge is 0.486 e. The summed E-state index contributed by atoms with van der Waals surface area (Å²) in [7, 11) is -3.12. The zero-order valence-electron chi connectivity index (χ0n) is 10.5. The molecule has 0 unspecified atom stereocenters. The Labute approximate surface area is 112 Å². The van der Waals surface area contributed by atoms with Crippen molar-refractivity contribution in [3.8, 4) is 11.5 Å². The highest BCUT2D eigenvalue weighted by Gasteiger charge is 2.29. The van der Waals surface area contributed by atoms with Crippen molar-refractivity contribution in [1.82, 2.24) is 4.31 Å². The number of nitrogen functional groups attached to an aromatic ring is 1. The number of sulfonamides is 1. The van der Waals surface area contributed by atoms with E-state index in [0.29, 0.717) is 49.9 Å². The quantitative estimate of drug-likeness (QED) is 0.803. The Hall–Kier alpha value is -1.47. The Kier molecular flexibility index (Phi) is 3.02. The topological polar surface area (TPSA) is 81.9 Å². The van der Waals surface area contributed by atoms with E-state index >= 15 is 0 Å². The second-order valence-electron chi connectivity index (χ2n) is 4.70. The van der Waals surface area contributed by atoms with Gasteiger partial charge in [-0.1, -0.05) is 0 Å². The maximum Gasteiger partial charge on any atom is 0.214 e. The fourth-order valence-electron chi connectivity index (χ4n) is 2.34. The van der Waals surface area contributed by atoms with Crippen LogP contribution in [0, 0.1) is 0 Å². The van der Waals surface area contributed by atoms with Gasteiger partial charge in [0.25, 0.3) is 0 Å². The van der Waals surface area contributed by atoms with Crippen LogP contribution in [0.15, 0.2) is 12.1 Å².